The van der Waals surface area contributed by atoms with E-state index in [1.165, 1.54) is 38.6 Å². The molecule has 2 aliphatic heterocycles. The molecule has 0 N–H and O–H groups in total. The van der Waals surface area contributed by atoms with Crippen LogP contribution in [0.1, 0.15) is 32.1 Å². The Morgan fingerprint density at radius 1 is 1.27 bits per heavy atom. The summed E-state index contributed by atoms with van der Waals surface area (Å²) in [5, 5.41) is 0. The van der Waals surface area contributed by atoms with E-state index in [-0.39, 0.29) is 12.4 Å². The fourth-order valence-electron chi connectivity index (χ4n) is 3.18. The van der Waals surface area contributed by atoms with Crippen LogP contribution in [-0.4, -0.2) is 23.4 Å². The van der Waals surface area contributed by atoms with Crippen molar-refractivity contribution >= 4 is 6.21 Å². The molecule has 0 aromatic rings. The third-order valence-electron chi connectivity index (χ3n) is 3.93. The van der Waals surface area contributed by atoms with Gasteiger partial charge in [0.25, 0.3) is 0 Å². The Morgan fingerprint density at radius 3 is 3.13 bits per heavy atom. The fraction of sp³-hybridized carbons (Fsp3) is 0.615. The average Bonchev–Trinajstić information content (AvgIpc) is 2.29. The second kappa shape index (κ2) is 4.52. The maximum atomic E-state index is 2.62. The van der Waals surface area contributed by atoms with Crippen LogP contribution < -0.4 is 12.4 Å². The minimum atomic E-state index is 0. The average molecular weight is 224 g/mol. The third-order valence-corrected chi connectivity index (χ3v) is 3.93. The standard InChI is InChI=1S/C13H18N.ClH/c1-2-6-12-11(5-1)8-10-14-9-4-3-7-13(12)14;/h1-2,5,10,12-13H,3-4,6-9H2;1H/q+1;/p-1. The molecule has 2 heterocycles. The van der Waals surface area contributed by atoms with Gasteiger partial charge in [0, 0.05) is 25.2 Å². The molecule has 0 bridgehead atoms. The summed E-state index contributed by atoms with van der Waals surface area (Å²) in [6.07, 6.45) is 16.1. The SMILES string of the molecule is C1=CCC2C(=C1)CC=[N+]1CCCCC21.[Cl-]. The first-order valence-corrected chi connectivity index (χ1v) is 5.90. The number of halogens is 1. The number of piperidine rings is 1. The van der Waals surface area contributed by atoms with E-state index in [9.17, 15) is 0 Å². The van der Waals surface area contributed by atoms with Gasteiger partial charge < -0.3 is 12.4 Å². The van der Waals surface area contributed by atoms with Crippen LogP contribution in [0.3, 0.4) is 0 Å². The van der Waals surface area contributed by atoms with Crippen LogP contribution in [0.25, 0.3) is 0 Å². The highest BCUT2D eigenvalue weighted by atomic mass is 35.5. The Hall–Kier alpha value is -0.560. The number of fused-ring (bicyclic) bond motifs is 3. The molecule has 1 aliphatic carbocycles. The van der Waals surface area contributed by atoms with Gasteiger partial charge in [0.15, 0.2) is 6.04 Å². The number of nitrogens with zero attached hydrogens (tertiary/aromatic N) is 1. The van der Waals surface area contributed by atoms with Gasteiger partial charge in [-0.2, -0.15) is 0 Å². The van der Waals surface area contributed by atoms with Crippen molar-refractivity contribution in [3.05, 3.63) is 23.8 Å². The van der Waals surface area contributed by atoms with Crippen molar-refractivity contribution in [3.63, 3.8) is 0 Å². The van der Waals surface area contributed by atoms with Crippen LogP contribution >= 0.6 is 0 Å². The predicted octanol–water partition coefficient (Wildman–Crippen LogP) is -0.468. The van der Waals surface area contributed by atoms with E-state index in [0.29, 0.717) is 0 Å². The van der Waals surface area contributed by atoms with Gasteiger partial charge in [-0.25, -0.2) is 4.58 Å². The minimum Gasteiger partial charge on any atom is -1.00 e. The first-order valence-electron chi connectivity index (χ1n) is 5.90. The molecule has 2 unspecified atom stereocenters. The first kappa shape index (κ1) is 10.9. The van der Waals surface area contributed by atoms with Crippen molar-refractivity contribution in [3.8, 4) is 0 Å². The van der Waals surface area contributed by atoms with Gasteiger partial charge in [0.1, 0.15) is 12.8 Å². The zero-order valence-corrected chi connectivity index (χ0v) is 9.79. The normalized spacial score (nSPS) is 33.1. The van der Waals surface area contributed by atoms with E-state index in [0.717, 1.165) is 12.0 Å². The Bertz CT molecular complexity index is 327. The molecular weight excluding hydrogens is 206 g/mol. The van der Waals surface area contributed by atoms with Gasteiger partial charge in [-0.15, -0.1) is 0 Å². The van der Waals surface area contributed by atoms with E-state index in [1.54, 1.807) is 5.57 Å². The molecule has 0 radical (unpaired) electrons. The van der Waals surface area contributed by atoms with Crippen LogP contribution in [0.4, 0.5) is 0 Å². The number of rotatable bonds is 0. The summed E-state index contributed by atoms with van der Waals surface area (Å²) < 4.78 is 2.62. The maximum absolute atomic E-state index is 2.62. The molecular formula is C13H18ClN. The lowest BCUT2D eigenvalue weighted by Crippen LogP contribution is -3.00. The summed E-state index contributed by atoms with van der Waals surface area (Å²) in [4.78, 5) is 0. The lowest BCUT2D eigenvalue weighted by molar-refractivity contribution is -0.582. The number of hydrogen-bond donors (Lipinski definition) is 0. The molecule has 1 nitrogen and oxygen atoms in total. The summed E-state index contributed by atoms with van der Waals surface area (Å²) in [6.45, 7) is 1.30. The molecule has 0 saturated carbocycles. The highest BCUT2D eigenvalue weighted by Gasteiger charge is 2.37. The Kier molecular flexibility index (Phi) is 3.30. The second-order valence-electron chi connectivity index (χ2n) is 4.70. The molecule has 1 fully saturated rings. The predicted molar refractivity (Wildman–Crippen MR) is 58.8 cm³/mol. The number of hydrogen-bond acceptors (Lipinski definition) is 0. The van der Waals surface area contributed by atoms with E-state index >= 15 is 0 Å². The van der Waals surface area contributed by atoms with E-state index < -0.39 is 0 Å². The largest absolute Gasteiger partial charge is 1.00 e. The molecule has 0 aromatic heterocycles. The quantitative estimate of drug-likeness (QED) is 0.489. The van der Waals surface area contributed by atoms with Gasteiger partial charge in [-0.05, 0) is 12.8 Å². The van der Waals surface area contributed by atoms with Gasteiger partial charge in [0.2, 0.25) is 0 Å². The Balaban J connectivity index is 0.000000853. The first-order chi connectivity index (χ1) is 6.95. The molecule has 15 heavy (non-hydrogen) atoms. The Labute approximate surface area is 98.0 Å². The van der Waals surface area contributed by atoms with E-state index in [4.69, 9.17) is 0 Å². The monoisotopic (exact) mass is 223 g/mol. The van der Waals surface area contributed by atoms with Crippen LogP contribution in [0.15, 0.2) is 23.8 Å². The topological polar surface area (TPSA) is 3.01 Å². The molecule has 3 rings (SSSR count). The van der Waals surface area contributed by atoms with Crippen molar-refractivity contribution in [1.29, 1.82) is 0 Å². The third kappa shape index (κ3) is 1.90. The van der Waals surface area contributed by atoms with E-state index in [2.05, 4.69) is 29.0 Å². The fourth-order valence-corrected chi connectivity index (χ4v) is 3.18. The van der Waals surface area contributed by atoms with Gasteiger partial charge in [0.05, 0.1) is 0 Å². The van der Waals surface area contributed by atoms with Crippen LogP contribution in [-0.2, 0) is 0 Å². The zero-order chi connectivity index (χ0) is 9.38. The highest BCUT2D eigenvalue weighted by Crippen LogP contribution is 2.34. The summed E-state index contributed by atoms with van der Waals surface area (Å²) in [6, 6.07) is 0.827. The molecule has 0 spiro atoms. The van der Waals surface area contributed by atoms with Crippen molar-refractivity contribution < 1.29 is 17.0 Å². The van der Waals surface area contributed by atoms with Gasteiger partial charge in [-0.3, -0.25) is 0 Å². The molecule has 3 aliphatic rings. The molecule has 1 saturated heterocycles. The minimum absolute atomic E-state index is 0. The van der Waals surface area contributed by atoms with Crippen LogP contribution in [0.5, 0.6) is 0 Å². The smallest absolute Gasteiger partial charge is 0.159 e. The van der Waals surface area contributed by atoms with Crippen molar-refractivity contribution in [1.82, 2.24) is 0 Å². The summed E-state index contributed by atoms with van der Waals surface area (Å²) in [5.41, 5.74) is 1.68. The molecule has 2 atom stereocenters. The molecule has 0 amide bonds. The van der Waals surface area contributed by atoms with Crippen molar-refractivity contribution in [2.75, 3.05) is 6.54 Å². The lowest BCUT2D eigenvalue weighted by Gasteiger charge is -2.33. The molecule has 2 heteroatoms. The van der Waals surface area contributed by atoms with Crippen LogP contribution in [0.2, 0.25) is 0 Å². The van der Waals surface area contributed by atoms with Crippen LogP contribution in [0, 0.1) is 5.92 Å². The Morgan fingerprint density at radius 2 is 2.20 bits per heavy atom. The summed E-state index contributed by atoms with van der Waals surface area (Å²) >= 11 is 0. The maximum Gasteiger partial charge on any atom is 0.159 e. The number of allylic oxidation sites excluding steroid dienone is 3. The highest BCUT2D eigenvalue weighted by molar-refractivity contribution is 5.58. The second-order valence-corrected chi connectivity index (χ2v) is 4.70. The van der Waals surface area contributed by atoms with E-state index in [1.807, 2.05) is 0 Å². The molecule has 82 valence electrons. The summed E-state index contributed by atoms with van der Waals surface area (Å²) in [7, 11) is 0. The zero-order valence-electron chi connectivity index (χ0n) is 9.03. The van der Waals surface area contributed by atoms with Gasteiger partial charge in [-0.1, -0.05) is 23.8 Å². The van der Waals surface area contributed by atoms with Crippen molar-refractivity contribution in [2.45, 2.75) is 38.1 Å². The van der Waals surface area contributed by atoms with Gasteiger partial charge >= 0.3 is 0 Å². The lowest BCUT2D eigenvalue weighted by atomic mass is 9.78. The van der Waals surface area contributed by atoms with Crippen molar-refractivity contribution in [2.24, 2.45) is 5.92 Å². The summed E-state index contributed by atoms with van der Waals surface area (Å²) in [5.74, 6) is 0.838. The molecule has 0 aromatic carbocycles.